The Morgan fingerprint density at radius 1 is 1.29 bits per heavy atom. The lowest BCUT2D eigenvalue weighted by Gasteiger charge is -2.15. The Kier molecular flexibility index (Phi) is 7.04. The smallest absolute Gasteiger partial charge is 0.319 e. The first-order valence-electron chi connectivity index (χ1n) is 5.77. The number of urea groups is 1. The van der Waals surface area contributed by atoms with Gasteiger partial charge in [0.15, 0.2) is 0 Å². The van der Waals surface area contributed by atoms with Crippen LogP contribution in [-0.2, 0) is 9.53 Å². The number of carboxylic acids is 1. The molecule has 2 amide bonds. The number of halogens is 3. The van der Waals surface area contributed by atoms with Gasteiger partial charge in [0.25, 0.3) is 0 Å². The molecule has 0 spiro atoms. The fourth-order valence-corrected chi connectivity index (χ4v) is 2.37. The number of anilines is 1. The van der Waals surface area contributed by atoms with E-state index in [1.165, 1.54) is 19.2 Å². The molecule has 1 aromatic carbocycles. The third-order valence-corrected chi connectivity index (χ3v) is 3.29. The molecule has 1 rings (SSSR count). The Hall–Kier alpha value is -1.21. The first kappa shape index (κ1) is 17.8. The number of hydrogen-bond acceptors (Lipinski definition) is 3. The molecule has 9 heteroatoms. The van der Waals surface area contributed by atoms with E-state index in [0.717, 1.165) is 0 Å². The lowest BCUT2D eigenvalue weighted by Crippen LogP contribution is -2.37. The van der Waals surface area contributed by atoms with Crippen molar-refractivity contribution in [2.75, 3.05) is 19.0 Å². The van der Waals surface area contributed by atoms with Crippen LogP contribution in [0, 0.1) is 0 Å². The van der Waals surface area contributed by atoms with E-state index in [2.05, 4.69) is 10.6 Å². The van der Waals surface area contributed by atoms with Gasteiger partial charge in [-0.3, -0.25) is 4.79 Å². The Balaban J connectivity index is 2.60. The molecule has 0 aliphatic carbocycles. The van der Waals surface area contributed by atoms with Gasteiger partial charge in [0.1, 0.15) is 0 Å². The SMILES string of the molecule is COC(CNC(=O)Nc1c(Cl)cc(Cl)cc1Cl)CC(=O)O. The lowest BCUT2D eigenvalue weighted by molar-refractivity contribution is -0.139. The van der Waals surface area contributed by atoms with Gasteiger partial charge in [-0.15, -0.1) is 0 Å². The fourth-order valence-electron chi connectivity index (χ4n) is 1.46. The van der Waals surface area contributed by atoms with Gasteiger partial charge in [-0.2, -0.15) is 0 Å². The van der Waals surface area contributed by atoms with Gasteiger partial charge in [-0.05, 0) is 12.1 Å². The van der Waals surface area contributed by atoms with E-state index in [0.29, 0.717) is 5.02 Å². The molecule has 0 bridgehead atoms. The molecule has 6 nitrogen and oxygen atoms in total. The molecule has 0 aromatic heterocycles. The second-order valence-corrected chi connectivity index (χ2v) is 5.29. The van der Waals surface area contributed by atoms with Crippen LogP contribution in [0.3, 0.4) is 0 Å². The molecule has 1 atom stereocenters. The molecule has 0 saturated carbocycles. The lowest BCUT2D eigenvalue weighted by atomic mass is 10.2. The number of carboxylic acid groups (broad SMARTS) is 1. The third-order valence-electron chi connectivity index (χ3n) is 2.47. The summed E-state index contributed by atoms with van der Waals surface area (Å²) in [6.45, 7) is 0.0253. The van der Waals surface area contributed by atoms with Crippen LogP contribution in [0.25, 0.3) is 0 Å². The van der Waals surface area contributed by atoms with Crippen molar-refractivity contribution in [3.8, 4) is 0 Å². The highest BCUT2D eigenvalue weighted by Gasteiger charge is 2.15. The monoisotopic (exact) mass is 354 g/mol. The van der Waals surface area contributed by atoms with Gasteiger partial charge >= 0.3 is 12.0 Å². The number of amides is 2. The number of carbonyl (C=O) groups is 2. The third kappa shape index (κ3) is 5.97. The molecular weight excluding hydrogens is 343 g/mol. The van der Waals surface area contributed by atoms with Crippen LogP contribution in [0.4, 0.5) is 10.5 Å². The Morgan fingerprint density at radius 2 is 1.86 bits per heavy atom. The summed E-state index contributed by atoms with van der Waals surface area (Å²) >= 11 is 17.6. The van der Waals surface area contributed by atoms with Crippen LogP contribution in [0.5, 0.6) is 0 Å². The van der Waals surface area contributed by atoms with Gasteiger partial charge < -0.3 is 20.5 Å². The number of methoxy groups -OCH3 is 1. The van der Waals surface area contributed by atoms with Crippen molar-refractivity contribution in [1.29, 1.82) is 0 Å². The molecule has 0 aliphatic heterocycles. The summed E-state index contributed by atoms with van der Waals surface area (Å²) in [5.41, 5.74) is 0.215. The van der Waals surface area contributed by atoms with Crippen LogP contribution < -0.4 is 10.6 Å². The maximum absolute atomic E-state index is 11.7. The second kappa shape index (κ2) is 8.29. The normalized spacial score (nSPS) is 11.8. The minimum Gasteiger partial charge on any atom is -0.481 e. The Bertz CT molecular complexity index is 516. The zero-order valence-electron chi connectivity index (χ0n) is 11.0. The first-order valence-corrected chi connectivity index (χ1v) is 6.90. The largest absolute Gasteiger partial charge is 0.481 e. The van der Waals surface area contributed by atoms with Crippen LogP contribution in [-0.4, -0.2) is 36.9 Å². The summed E-state index contributed by atoms with van der Waals surface area (Å²) in [5.74, 6) is -1.02. The number of aliphatic carboxylic acids is 1. The summed E-state index contributed by atoms with van der Waals surface area (Å²) in [7, 11) is 1.36. The maximum Gasteiger partial charge on any atom is 0.319 e. The molecule has 0 fully saturated rings. The van der Waals surface area contributed by atoms with E-state index in [1.54, 1.807) is 0 Å². The molecular formula is C12H13Cl3N2O4. The molecule has 0 aliphatic rings. The standard InChI is InChI=1S/C12H13Cl3N2O4/c1-21-7(4-10(18)19)5-16-12(20)17-11-8(14)2-6(13)3-9(11)15/h2-3,7H,4-5H2,1H3,(H,18,19)(H2,16,17,20). The summed E-state index contributed by atoms with van der Waals surface area (Å²) in [6, 6.07) is 2.29. The fraction of sp³-hybridized carbons (Fsp3) is 0.333. The van der Waals surface area contributed by atoms with Crippen molar-refractivity contribution in [2.24, 2.45) is 0 Å². The number of benzene rings is 1. The van der Waals surface area contributed by atoms with E-state index in [9.17, 15) is 9.59 Å². The molecule has 21 heavy (non-hydrogen) atoms. The maximum atomic E-state index is 11.7. The molecule has 1 aromatic rings. The minimum absolute atomic E-state index is 0.0253. The Labute approximate surface area is 136 Å². The average molecular weight is 356 g/mol. The van der Waals surface area contributed by atoms with Gasteiger partial charge in [-0.1, -0.05) is 34.8 Å². The van der Waals surface area contributed by atoms with Gasteiger partial charge in [0, 0.05) is 18.7 Å². The van der Waals surface area contributed by atoms with Crippen LogP contribution >= 0.6 is 34.8 Å². The molecule has 0 heterocycles. The minimum atomic E-state index is -1.02. The van der Waals surface area contributed by atoms with Crippen molar-refractivity contribution < 1.29 is 19.4 Å². The van der Waals surface area contributed by atoms with Crippen LogP contribution in [0.15, 0.2) is 12.1 Å². The van der Waals surface area contributed by atoms with Crippen molar-refractivity contribution in [3.05, 3.63) is 27.2 Å². The average Bonchev–Trinajstić information content (AvgIpc) is 2.38. The van der Waals surface area contributed by atoms with E-state index in [1.807, 2.05) is 0 Å². The highest BCUT2D eigenvalue weighted by molar-refractivity contribution is 6.42. The summed E-state index contributed by atoms with van der Waals surface area (Å²) in [6.07, 6.45) is -0.858. The van der Waals surface area contributed by atoms with Gasteiger partial charge in [0.2, 0.25) is 0 Å². The van der Waals surface area contributed by atoms with Crippen molar-refractivity contribution in [3.63, 3.8) is 0 Å². The van der Waals surface area contributed by atoms with Crippen molar-refractivity contribution in [1.82, 2.24) is 5.32 Å². The topological polar surface area (TPSA) is 87.7 Å². The summed E-state index contributed by atoms with van der Waals surface area (Å²) < 4.78 is 4.93. The van der Waals surface area contributed by atoms with Crippen molar-refractivity contribution >= 4 is 52.5 Å². The predicted molar refractivity (Wildman–Crippen MR) is 81.5 cm³/mol. The molecule has 1 unspecified atom stereocenters. The molecule has 0 radical (unpaired) electrons. The van der Waals surface area contributed by atoms with E-state index >= 15 is 0 Å². The number of ether oxygens (including phenoxy) is 1. The van der Waals surface area contributed by atoms with Gasteiger partial charge in [-0.25, -0.2) is 4.79 Å². The predicted octanol–water partition coefficient (Wildman–Crippen LogP) is 3.26. The van der Waals surface area contributed by atoms with E-state index < -0.39 is 18.1 Å². The molecule has 116 valence electrons. The number of nitrogens with one attached hydrogen (secondary N) is 2. The van der Waals surface area contributed by atoms with Crippen molar-refractivity contribution in [2.45, 2.75) is 12.5 Å². The van der Waals surface area contributed by atoms with Gasteiger partial charge in [0.05, 0.1) is 28.3 Å². The quantitative estimate of drug-likeness (QED) is 0.731. The highest BCUT2D eigenvalue weighted by Crippen LogP contribution is 2.33. The summed E-state index contributed by atoms with van der Waals surface area (Å²) in [5, 5.41) is 14.3. The summed E-state index contributed by atoms with van der Waals surface area (Å²) in [4.78, 5) is 22.3. The highest BCUT2D eigenvalue weighted by atomic mass is 35.5. The van der Waals surface area contributed by atoms with Crippen LogP contribution in [0.2, 0.25) is 15.1 Å². The zero-order chi connectivity index (χ0) is 16.0. The molecule has 3 N–H and O–H groups in total. The number of carbonyl (C=O) groups excluding carboxylic acids is 1. The molecule has 0 saturated heterocycles. The van der Waals surface area contributed by atoms with E-state index in [4.69, 9.17) is 44.6 Å². The van der Waals surface area contributed by atoms with Crippen LogP contribution in [0.1, 0.15) is 6.42 Å². The number of hydrogen-bond donors (Lipinski definition) is 3. The zero-order valence-corrected chi connectivity index (χ0v) is 13.2. The number of rotatable bonds is 6. The Morgan fingerprint density at radius 3 is 2.33 bits per heavy atom. The first-order chi connectivity index (χ1) is 9.83. The second-order valence-electron chi connectivity index (χ2n) is 4.04. The van der Waals surface area contributed by atoms with E-state index in [-0.39, 0.29) is 28.7 Å².